The van der Waals surface area contributed by atoms with Gasteiger partial charge in [0.25, 0.3) is 0 Å². The van der Waals surface area contributed by atoms with Gasteiger partial charge in [0.15, 0.2) is 0 Å². The first-order valence-electron chi connectivity index (χ1n) is 9.28. The minimum atomic E-state index is -4.73. The molecule has 0 spiro atoms. The van der Waals surface area contributed by atoms with Crippen LogP contribution in [0, 0.1) is 11.2 Å². The van der Waals surface area contributed by atoms with E-state index in [-0.39, 0.29) is 20.8 Å². The molecule has 0 aliphatic carbocycles. The Labute approximate surface area is 185 Å². The normalized spacial score (nSPS) is 15.6. The summed E-state index contributed by atoms with van der Waals surface area (Å²) in [6.07, 6.45) is -3.37. The van der Waals surface area contributed by atoms with Crippen LogP contribution in [0.15, 0.2) is 22.8 Å². The zero-order chi connectivity index (χ0) is 23.1. The van der Waals surface area contributed by atoms with Gasteiger partial charge in [0.1, 0.15) is 11.9 Å². The van der Waals surface area contributed by atoms with Gasteiger partial charge in [0.05, 0.1) is 26.8 Å². The Morgan fingerprint density at radius 3 is 2.30 bits per heavy atom. The van der Waals surface area contributed by atoms with E-state index in [1.807, 2.05) is 13.8 Å². The molecule has 30 heavy (non-hydrogen) atoms. The molecule has 2 rings (SSSR count). The Balaban J connectivity index is 2.68. The summed E-state index contributed by atoms with van der Waals surface area (Å²) in [4.78, 5) is 0. The van der Waals surface area contributed by atoms with Crippen LogP contribution in [0.25, 0.3) is 10.9 Å². The lowest BCUT2D eigenvalue weighted by atomic mass is 9.95. The molecule has 1 aromatic carbocycles. The second kappa shape index (κ2) is 8.88. The molecular weight excluding hydrogens is 488 g/mol. The van der Waals surface area contributed by atoms with E-state index < -0.39 is 33.8 Å². The first-order valence-corrected chi connectivity index (χ1v) is 11.2. The summed E-state index contributed by atoms with van der Waals surface area (Å²) < 4.78 is 77.1. The lowest BCUT2D eigenvalue weighted by Gasteiger charge is -2.26. The van der Waals surface area contributed by atoms with Crippen molar-refractivity contribution in [1.82, 2.24) is 9.29 Å². The van der Waals surface area contributed by atoms with Gasteiger partial charge >= 0.3 is 6.18 Å². The quantitative estimate of drug-likeness (QED) is 0.469. The van der Waals surface area contributed by atoms with E-state index in [0.717, 1.165) is 6.07 Å². The second-order valence-corrected chi connectivity index (χ2v) is 11.9. The molecule has 0 saturated heterocycles. The molecule has 0 fully saturated rings. The van der Waals surface area contributed by atoms with Crippen molar-refractivity contribution in [2.75, 3.05) is 13.7 Å². The van der Waals surface area contributed by atoms with Crippen LogP contribution >= 0.6 is 15.9 Å². The fourth-order valence-corrected chi connectivity index (χ4v) is 4.32. The van der Waals surface area contributed by atoms with Gasteiger partial charge in [0.2, 0.25) is 0 Å². The lowest BCUT2D eigenvalue weighted by molar-refractivity contribution is -0.152. The Bertz CT molecular complexity index is 936. The molecule has 1 aromatic heterocycles. The third-order valence-corrected chi connectivity index (χ3v) is 6.68. The summed E-state index contributed by atoms with van der Waals surface area (Å²) in [6, 6.07) is 0.327. The van der Waals surface area contributed by atoms with Crippen LogP contribution in [0.1, 0.15) is 46.2 Å². The van der Waals surface area contributed by atoms with E-state index in [9.17, 15) is 21.8 Å². The Hall–Kier alpha value is -0.970. The molecule has 0 amide bonds. The minimum absolute atomic E-state index is 0.115. The van der Waals surface area contributed by atoms with Gasteiger partial charge in [-0.1, -0.05) is 13.8 Å². The topological polar surface area (TPSA) is 43.3 Å². The molecule has 1 N–H and O–H groups in total. The van der Waals surface area contributed by atoms with Crippen LogP contribution in [-0.4, -0.2) is 33.4 Å². The number of hydrogen-bond acceptors (Lipinski definition) is 2. The zero-order valence-corrected chi connectivity index (χ0v) is 20.2. The maximum Gasteiger partial charge on any atom is 0.408 e. The Morgan fingerprint density at radius 1 is 1.20 bits per heavy atom. The van der Waals surface area contributed by atoms with Crippen molar-refractivity contribution in [3.05, 3.63) is 34.2 Å². The molecule has 10 heteroatoms. The number of ether oxygens (including phenoxy) is 1. The SMILES string of the molecule is COCC(C)(C)Cn1cc([C@H](NS(=O)C(C)(C)C)C(F)(F)F)c2cc(F)c(Br)cc21. The number of hydrogen-bond donors (Lipinski definition) is 1. The molecule has 1 heterocycles. The fourth-order valence-electron chi connectivity index (χ4n) is 3.16. The summed E-state index contributed by atoms with van der Waals surface area (Å²) in [5.74, 6) is -0.671. The maximum absolute atomic E-state index is 14.3. The monoisotopic (exact) mass is 514 g/mol. The van der Waals surface area contributed by atoms with Crippen molar-refractivity contribution >= 4 is 37.8 Å². The standard InChI is InChI=1S/C20H27BrF4N2O2S/c1-18(2,3)30(28)26-17(20(23,24)25)13-9-27(10-19(4,5)11-29-6)16-8-14(21)15(22)7-12(13)16/h7-9,17,26H,10-11H2,1-6H3/t17-,30?/m0/s1. The molecule has 0 saturated carbocycles. The molecule has 2 atom stereocenters. The molecule has 4 nitrogen and oxygen atoms in total. The maximum atomic E-state index is 14.3. The van der Waals surface area contributed by atoms with Gasteiger partial charge in [0, 0.05) is 41.7 Å². The highest BCUT2D eigenvalue weighted by Gasteiger charge is 2.44. The first kappa shape index (κ1) is 25.3. The van der Waals surface area contributed by atoms with Gasteiger partial charge in [-0.25, -0.2) is 13.3 Å². The van der Waals surface area contributed by atoms with Crippen LogP contribution in [0.3, 0.4) is 0 Å². The van der Waals surface area contributed by atoms with Crippen LogP contribution < -0.4 is 4.72 Å². The summed E-state index contributed by atoms with van der Waals surface area (Å²) in [5, 5.41) is 0.115. The van der Waals surface area contributed by atoms with E-state index in [4.69, 9.17) is 4.74 Å². The lowest BCUT2D eigenvalue weighted by Crippen LogP contribution is -2.41. The minimum Gasteiger partial charge on any atom is -0.384 e. The van der Waals surface area contributed by atoms with Gasteiger partial charge in [-0.3, -0.25) is 0 Å². The average molecular weight is 515 g/mol. The largest absolute Gasteiger partial charge is 0.408 e. The average Bonchev–Trinajstić information content (AvgIpc) is 2.87. The van der Waals surface area contributed by atoms with Gasteiger partial charge < -0.3 is 9.30 Å². The number of halogens is 5. The Kier molecular flexibility index (Phi) is 7.48. The van der Waals surface area contributed by atoms with Crippen molar-refractivity contribution in [2.45, 2.75) is 58.1 Å². The van der Waals surface area contributed by atoms with Crippen LogP contribution in [0.5, 0.6) is 0 Å². The summed E-state index contributed by atoms with van der Waals surface area (Å²) in [7, 11) is -0.428. The second-order valence-electron chi connectivity index (χ2n) is 9.07. The summed E-state index contributed by atoms with van der Waals surface area (Å²) in [5.41, 5.74) is -0.108. The highest BCUT2D eigenvalue weighted by Crippen LogP contribution is 2.40. The predicted octanol–water partition coefficient (Wildman–Crippen LogP) is 5.87. The van der Waals surface area contributed by atoms with E-state index in [0.29, 0.717) is 18.7 Å². The molecule has 1 unspecified atom stereocenters. The van der Waals surface area contributed by atoms with Crippen LogP contribution in [0.2, 0.25) is 0 Å². The molecule has 2 aromatic rings. The van der Waals surface area contributed by atoms with Gasteiger partial charge in [-0.15, -0.1) is 0 Å². The van der Waals surface area contributed by atoms with Crippen molar-refractivity contribution in [1.29, 1.82) is 0 Å². The van der Waals surface area contributed by atoms with Crippen molar-refractivity contribution < 1.29 is 26.5 Å². The first-order chi connectivity index (χ1) is 13.6. The third kappa shape index (κ3) is 5.83. The van der Waals surface area contributed by atoms with Crippen LogP contribution in [0.4, 0.5) is 17.6 Å². The third-order valence-electron chi connectivity index (χ3n) is 4.51. The smallest absolute Gasteiger partial charge is 0.384 e. The van der Waals surface area contributed by atoms with Crippen molar-refractivity contribution in [3.8, 4) is 0 Å². The molecular formula is C20H27BrF4N2O2S. The van der Waals surface area contributed by atoms with Crippen molar-refractivity contribution in [2.24, 2.45) is 5.41 Å². The van der Waals surface area contributed by atoms with E-state index >= 15 is 0 Å². The number of alkyl halides is 3. The van der Waals surface area contributed by atoms with Gasteiger partial charge in [-0.05, 0) is 48.8 Å². The summed E-state index contributed by atoms with van der Waals surface area (Å²) in [6.45, 7) is 9.33. The number of benzene rings is 1. The number of nitrogens with zero attached hydrogens (tertiary/aromatic N) is 1. The molecule has 0 aliphatic heterocycles. The van der Waals surface area contributed by atoms with Crippen molar-refractivity contribution in [3.63, 3.8) is 0 Å². The molecule has 0 radical (unpaired) electrons. The van der Waals surface area contributed by atoms with Gasteiger partial charge in [-0.2, -0.15) is 13.2 Å². The molecule has 0 bridgehead atoms. The van der Waals surface area contributed by atoms with E-state index in [1.54, 1.807) is 32.4 Å². The fraction of sp³-hybridized carbons (Fsp3) is 0.600. The number of nitrogens with one attached hydrogen (secondary N) is 1. The summed E-state index contributed by atoms with van der Waals surface area (Å²) >= 11 is 3.11. The number of fused-ring (bicyclic) bond motifs is 1. The predicted molar refractivity (Wildman–Crippen MR) is 115 cm³/mol. The number of methoxy groups -OCH3 is 1. The zero-order valence-electron chi connectivity index (χ0n) is 17.8. The Morgan fingerprint density at radius 2 is 1.80 bits per heavy atom. The van der Waals surface area contributed by atoms with E-state index in [2.05, 4.69) is 20.7 Å². The highest BCUT2D eigenvalue weighted by atomic mass is 79.9. The number of rotatable bonds is 7. The number of aromatic nitrogens is 1. The molecule has 0 aliphatic rings. The highest BCUT2D eigenvalue weighted by molar-refractivity contribution is 9.10. The van der Waals surface area contributed by atoms with E-state index in [1.165, 1.54) is 12.3 Å². The molecule has 170 valence electrons. The van der Waals surface area contributed by atoms with Crippen LogP contribution in [-0.2, 0) is 22.3 Å².